The topological polar surface area (TPSA) is 82.2 Å². The molecule has 0 atom stereocenters. The number of nitrogens with one attached hydrogen (secondary N) is 1. The van der Waals surface area contributed by atoms with E-state index in [-0.39, 0.29) is 23.8 Å². The number of methoxy groups -OCH3 is 1. The zero-order valence-electron chi connectivity index (χ0n) is 19.8. The highest BCUT2D eigenvalue weighted by Crippen LogP contribution is 2.24. The van der Waals surface area contributed by atoms with E-state index in [1.54, 1.807) is 12.1 Å². The summed E-state index contributed by atoms with van der Waals surface area (Å²) in [4.78, 5) is 17.2. The van der Waals surface area contributed by atoms with Crippen LogP contribution in [0.25, 0.3) is 0 Å². The number of nitrogens with zero attached hydrogens (tertiary/aromatic N) is 3. The highest BCUT2D eigenvalue weighted by molar-refractivity contribution is 7.89. The Labute approximate surface area is 197 Å². The van der Waals surface area contributed by atoms with Gasteiger partial charge >= 0.3 is 0 Å². The van der Waals surface area contributed by atoms with E-state index in [2.05, 4.69) is 29.2 Å². The summed E-state index contributed by atoms with van der Waals surface area (Å²) in [6.07, 6.45) is 2.34. The van der Waals surface area contributed by atoms with Crippen LogP contribution in [-0.2, 0) is 14.8 Å². The number of ether oxygens (including phenoxy) is 1. The summed E-state index contributed by atoms with van der Waals surface area (Å²) in [6, 6.07) is 14.6. The molecule has 1 fully saturated rings. The first-order valence-corrected chi connectivity index (χ1v) is 12.6. The number of sulfonamides is 1. The van der Waals surface area contributed by atoms with Crippen LogP contribution in [0, 0.1) is 0 Å². The van der Waals surface area contributed by atoms with E-state index in [9.17, 15) is 13.2 Å². The SMILES string of the molecule is COc1ccc(S(=O)(=O)N(C)CCC(=O)Nc2ccc(N3CCC(N(C)C)CC3)cc2)cc1. The van der Waals surface area contributed by atoms with Gasteiger partial charge in [0, 0.05) is 50.5 Å². The van der Waals surface area contributed by atoms with E-state index in [1.165, 1.54) is 30.6 Å². The summed E-state index contributed by atoms with van der Waals surface area (Å²) in [5.74, 6) is 0.353. The Hall–Kier alpha value is -2.62. The Kier molecular flexibility index (Phi) is 8.34. The summed E-state index contributed by atoms with van der Waals surface area (Å²) in [5, 5.41) is 2.85. The second-order valence-electron chi connectivity index (χ2n) is 8.53. The predicted octanol–water partition coefficient (Wildman–Crippen LogP) is 2.87. The van der Waals surface area contributed by atoms with E-state index < -0.39 is 10.0 Å². The van der Waals surface area contributed by atoms with Crippen molar-refractivity contribution >= 4 is 27.3 Å². The number of anilines is 2. The van der Waals surface area contributed by atoms with Gasteiger partial charge in [-0.1, -0.05) is 0 Å². The monoisotopic (exact) mass is 474 g/mol. The third kappa shape index (κ3) is 6.46. The number of hydrogen-bond donors (Lipinski definition) is 1. The van der Waals surface area contributed by atoms with Crippen molar-refractivity contribution in [3.63, 3.8) is 0 Å². The molecule has 1 aliphatic heterocycles. The van der Waals surface area contributed by atoms with Gasteiger partial charge in [0.2, 0.25) is 15.9 Å². The first kappa shape index (κ1) is 25.0. The first-order chi connectivity index (χ1) is 15.7. The smallest absolute Gasteiger partial charge is 0.242 e. The molecule has 180 valence electrons. The van der Waals surface area contributed by atoms with Crippen LogP contribution in [-0.4, -0.2) is 77.5 Å². The van der Waals surface area contributed by atoms with E-state index in [4.69, 9.17) is 4.74 Å². The highest BCUT2D eigenvalue weighted by atomic mass is 32.2. The fourth-order valence-electron chi connectivity index (χ4n) is 3.93. The van der Waals surface area contributed by atoms with Gasteiger partial charge in [0.05, 0.1) is 12.0 Å². The number of benzene rings is 2. The van der Waals surface area contributed by atoms with Gasteiger partial charge < -0.3 is 19.9 Å². The minimum absolute atomic E-state index is 0.0612. The molecule has 1 N–H and O–H groups in total. The summed E-state index contributed by atoms with van der Waals surface area (Å²) in [7, 11) is 3.58. The molecule has 0 aromatic heterocycles. The molecule has 0 bridgehead atoms. The maximum atomic E-state index is 12.7. The van der Waals surface area contributed by atoms with Crippen LogP contribution < -0.4 is 15.0 Å². The lowest BCUT2D eigenvalue weighted by atomic mass is 10.0. The van der Waals surface area contributed by atoms with Crippen molar-refractivity contribution in [2.24, 2.45) is 0 Å². The van der Waals surface area contributed by atoms with Gasteiger partial charge in [-0.2, -0.15) is 0 Å². The number of hydrogen-bond acceptors (Lipinski definition) is 6. The van der Waals surface area contributed by atoms with Gasteiger partial charge in [-0.05, 0) is 75.5 Å². The van der Waals surface area contributed by atoms with Crippen molar-refractivity contribution in [2.45, 2.75) is 30.2 Å². The van der Waals surface area contributed by atoms with Gasteiger partial charge in [0.1, 0.15) is 5.75 Å². The largest absolute Gasteiger partial charge is 0.497 e. The van der Waals surface area contributed by atoms with Gasteiger partial charge in [-0.25, -0.2) is 12.7 Å². The van der Waals surface area contributed by atoms with Crippen LogP contribution in [0.2, 0.25) is 0 Å². The van der Waals surface area contributed by atoms with Crippen molar-refractivity contribution in [3.05, 3.63) is 48.5 Å². The molecule has 8 nitrogen and oxygen atoms in total. The van der Waals surface area contributed by atoms with E-state index in [0.29, 0.717) is 17.5 Å². The minimum atomic E-state index is -3.67. The van der Waals surface area contributed by atoms with Crippen molar-refractivity contribution in [1.29, 1.82) is 0 Å². The first-order valence-electron chi connectivity index (χ1n) is 11.1. The molecule has 3 rings (SSSR count). The third-order valence-corrected chi connectivity index (χ3v) is 8.00. The van der Waals surface area contributed by atoms with Crippen LogP contribution >= 0.6 is 0 Å². The lowest BCUT2D eigenvalue weighted by molar-refractivity contribution is -0.116. The minimum Gasteiger partial charge on any atom is -0.497 e. The quantitative estimate of drug-likeness (QED) is 0.602. The zero-order chi connectivity index (χ0) is 24.0. The number of piperidine rings is 1. The molecule has 0 unspecified atom stereocenters. The molecule has 1 saturated heterocycles. The summed E-state index contributed by atoms with van der Waals surface area (Å²) in [5.41, 5.74) is 1.85. The van der Waals surface area contributed by atoms with Crippen molar-refractivity contribution < 1.29 is 17.9 Å². The van der Waals surface area contributed by atoms with Crippen molar-refractivity contribution in [3.8, 4) is 5.75 Å². The predicted molar refractivity (Wildman–Crippen MR) is 131 cm³/mol. The number of carbonyl (C=O) groups is 1. The normalized spacial score (nSPS) is 15.2. The van der Waals surface area contributed by atoms with Gasteiger partial charge in [0.25, 0.3) is 0 Å². The van der Waals surface area contributed by atoms with Gasteiger partial charge in [0.15, 0.2) is 0 Å². The molecule has 2 aromatic carbocycles. The molecule has 33 heavy (non-hydrogen) atoms. The molecule has 1 amide bonds. The van der Waals surface area contributed by atoms with Gasteiger partial charge in [-0.3, -0.25) is 4.79 Å². The summed E-state index contributed by atoms with van der Waals surface area (Å²) < 4.78 is 31.6. The Balaban J connectivity index is 1.49. The van der Waals surface area contributed by atoms with Crippen molar-refractivity contribution in [2.75, 3.05) is 58.1 Å². The number of rotatable bonds is 9. The summed E-state index contributed by atoms with van der Waals surface area (Å²) >= 11 is 0. The van der Waals surface area contributed by atoms with Gasteiger partial charge in [-0.15, -0.1) is 0 Å². The van der Waals surface area contributed by atoms with Crippen LogP contribution in [0.15, 0.2) is 53.4 Å². The van der Waals surface area contributed by atoms with E-state index in [1.807, 2.05) is 24.3 Å². The lowest BCUT2D eigenvalue weighted by Crippen LogP contribution is -2.41. The third-order valence-electron chi connectivity index (χ3n) is 6.13. The average molecular weight is 475 g/mol. The second kappa shape index (κ2) is 11.0. The Bertz CT molecular complexity index is 1020. The molecule has 0 radical (unpaired) electrons. The molecule has 1 heterocycles. The molecular weight excluding hydrogens is 440 g/mol. The Morgan fingerprint density at radius 3 is 2.18 bits per heavy atom. The maximum Gasteiger partial charge on any atom is 0.242 e. The fourth-order valence-corrected chi connectivity index (χ4v) is 5.10. The highest BCUT2D eigenvalue weighted by Gasteiger charge is 2.22. The maximum absolute atomic E-state index is 12.7. The molecule has 0 spiro atoms. The average Bonchev–Trinajstić information content (AvgIpc) is 2.83. The molecule has 1 aliphatic rings. The van der Waals surface area contributed by atoms with Crippen LogP contribution in [0.3, 0.4) is 0 Å². The Morgan fingerprint density at radius 2 is 1.64 bits per heavy atom. The van der Waals surface area contributed by atoms with Crippen LogP contribution in [0.5, 0.6) is 5.75 Å². The lowest BCUT2D eigenvalue weighted by Gasteiger charge is -2.36. The van der Waals surface area contributed by atoms with Crippen LogP contribution in [0.4, 0.5) is 11.4 Å². The molecule has 0 aliphatic carbocycles. The number of carbonyl (C=O) groups excluding carboxylic acids is 1. The molecule has 9 heteroatoms. The molecule has 2 aromatic rings. The van der Waals surface area contributed by atoms with Crippen LogP contribution in [0.1, 0.15) is 19.3 Å². The van der Waals surface area contributed by atoms with E-state index in [0.717, 1.165) is 31.6 Å². The molecular formula is C24H34N4O4S. The second-order valence-corrected chi connectivity index (χ2v) is 10.6. The fraction of sp³-hybridized carbons (Fsp3) is 0.458. The van der Waals surface area contributed by atoms with Crippen molar-refractivity contribution in [1.82, 2.24) is 9.21 Å². The Morgan fingerprint density at radius 1 is 1.03 bits per heavy atom. The summed E-state index contributed by atoms with van der Waals surface area (Å²) in [6.45, 7) is 2.12. The molecule has 0 saturated carbocycles. The standard InChI is InChI=1S/C24H34N4O4S/c1-26(2)20-13-17-28(18-14-20)21-7-5-19(6-8-21)25-24(29)15-16-27(3)33(30,31)23-11-9-22(32-4)10-12-23/h5-12,20H,13-18H2,1-4H3,(H,25,29). The van der Waals surface area contributed by atoms with E-state index >= 15 is 0 Å². The number of amides is 1. The zero-order valence-corrected chi connectivity index (χ0v) is 20.6.